The van der Waals surface area contributed by atoms with Crippen LogP contribution in [0.1, 0.15) is 68.6 Å². The van der Waals surface area contributed by atoms with Crippen molar-refractivity contribution < 1.29 is 4.79 Å². The van der Waals surface area contributed by atoms with Crippen molar-refractivity contribution in [2.45, 2.75) is 58.9 Å². The molecule has 0 aliphatic rings. The molecule has 0 unspecified atom stereocenters. The first-order valence-corrected chi connectivity index (χ1v) is 10.3. The van der Waals surface area contributed by atoms with Crippen LogP contribution >= 0.6 is 0 Å². The number of amides is 1. The summed E-state index contributed by atoms with van der Waals surface area (Å²) in [6.45, 7) is 13.5. The molecule has 1 N–H and O–H groups in total. The number of carbonyl (C=O) groups is 1. The fourth-order valence-electron chi connectivity index (χ4n) is 3.12. The second kappa shape index (κ2) is 8.39. The zero-order valence-electron chi connectivity index (χ0n) is 18.8. The number of pyridine rings is 2. The molecule has 1 amide bonds. The zero-order chi connectivity index (χ0) is 21.9. The van der Waals surface area contributed by atoms with Gasteiger partial charge < -0.3 is 5.32 Å². The van der Waals surface area contributed by atoms with E-state index in [0.717, 1.165) is 16.8 Å². The summed E-state index contributed by atoms with van der Waals surface area (Å²) in [6.07, 6.45) is 5.33. The third-order valence-corrected chi connectivity index (χ3v) is 5.16. The van der Waals surface area contributed by atoms with Gasteiger partial charge in [0.25, 0.3) is 5.91 Å². The molecule has 0 aliphatic heterocycles. The zero-order valence-corrected chi connectivity index (χ0v) is 18.8. The highest BCUT2D eigenvalue weighted by atomic mass is 16.1. The van der Waals surface area contributed by atoms with Gasteiger partial charge in [-0.05, 0) is 57.9 Å². The van der Waals surface area contributed by atoms with Crippen molar-refractivity contribution in [1.82, 2.24) is 15.3 Å². The number of nitrogens with one attached hydrogen (secondary N) is 1. The van der Waals surface area contributed by atoms with E-state index in [0.29, 0.717) is 12.1 Å². The Hall–Kier alpha value is -3.01. The molecule has 2 heterocycles. The summed E-state index contributed by atoms with van der Waals surface area (Å²) >= 11 is 0. The molecule has 0 saturated carbocycles. The van der Waals surface area contributed by atoms with Crippen LogP contribution in [0.5, 0.6) is 0 Å². The van der Waals surface area contributed by atoms with Crippen molar-refractivity contribution in [1.29, 1.82) is 0 Å². The second-order valence-corrected chi connectivity index (χ2v) is 9.78. The Bertz CT molecular complexity index is 979. The molecule has 4 heteroatoms. The van der Waals surface area contributed by atoms with Gasteiger partial charge >= 0.3 is 0 Å². The third-order valence-electron chi connectivity index (χ3n) is 5.16. The standard InChI is InChI=1S/C26H31N3O/c1-25(2,3)21-12-20(13-22(14-21)26(4,5)6)24(30)29-16-18-9-10-23(28-15-18)19-8-7-11-27-17-19/h7-15,17H,16H2,1-6H3,(H,29,30). The topological polar surface area (TPSA) is 54.9 Å². The quantitative estimate of drug-likeness (QED) is 0.613. The van der Waals surface area contributed by atoms with Crippen LogP contribution < -0.4 is 5.32 Å². The molecule has 0 bridgehead atoms. The Labute approximate surface area is 179 Å². The molecule has 3 rings (SSSR count). The van der Waals surface area contributed by atoms with Crippen molar-refractivity contribution in [3.05, 3.63) is 83.3 Å². The molecule has 0 fully saturated rings. The first-order valence-electron chi connectivity index (χ1n) is 10.3. The maximum Gasteiger partial charge on any atom is 0.251 e. The average Bonchev–Trinajstić information content (AvgIpc) is 2.71. The van der Waals surface area contributed by atoms with Crippen LogP contribution in [0.4, 0.5) is 0 Å². The van der Waals surface area contributed by atoms with E-state index in [2.05, 4.69) is 62.9 Å². The maximum absolute atomic E-state index is 12.9. The number of hydrogen-bond donors (Lipinski definition) is 1. The number of aromatic nitrogens is 2. The Morgan fingerprint density at radius 1 is 0.900 bits per heavy atom. The fraction of sp³-hybridized carbons (Fsp3) is 0.346. The summed E-state index contributed by atoms with van der Waals surface area (Å²) < 4.78 is 0. The molecule has 0 atom stereocenters. The SMILES string of the molecule is CC(C)(C)c1cc(C(=O)NCc2ccc(-c3cccnc3)nc2)cc(C(C)(C)C)c1. The normalized spacial score (nSPS) is 11.9. The molecule has 2 aromatic heterocycles. The lowest BCUT2D eigenvalue weighted by molar-refractivity contribution is 0.0950. The summed E-state index contributed by atoms with van der Waals surface area (Å²) in [5.41, 5.74) is 5.79. The van der Waals surface area contributed by atoms with E-state index in [9.17, 15) is 4.79 Å². The lowest BCUT2D eigenvalue weighted by Gasteiger charge is -2.26. The predicted octanol–water partition coefficient (Wildman–Crippen LogP) is 5.67. The molecular formula is C26H31N3O. The van der Waals surface area contributed by atoms with Crippen molar-refractivity contribution in [3.8, 4) is 11.3 Å². The van der Waals surface area contributed by atoms with Gasteiger partial charge in [0.2, 0.25) is 0 Å². The number of benzene rings is 1. The van der Waals surface area contributed by atoms with Gasteiger partial charge in [-0.15, -0.1) is 0 Å². The van der Waals surface area contributed by atoms with Gasteiger partial charge in [0.05, 0.1) is 5.69 Å². The highest BCUT2D eigenvalue weighted by Gasteiger charge is 2.22. The Kier molecular flexibility index (Phi) is 6.06. The molecule has 0 radical (unpaired) electrons. The molecule has 0 aliphatic carbocycles. The number of rotatable bonds is 4. The van der Waals surface area contributed by atoms with E-state index in [1.807, 2.05) is 36.4 Å². The van der Waals surface area contributed by atoms with Gasteiger partial charge in [-0.3, -0.25) is 14.8 Å². The van der Waals surface area contributed by atoms with E-state index in [4.69, 9.17) is 0 Å². The maximum atomic E-state index is 12.9. The summed E-state index contributed by atoms with van der Waals surface area (Å²) in [7, 11) is 0. The van der Waals surface area contributed by atoms with E-state index < -0.39 is 0 Å². The number of nitrogens with zero attached hydrogens (tertiary/aromatic N) is 2. The predicted molar refractivity (Wildman–Crippen MR) is 122 cm³/mol. The van der Waals surface area contributed by atoms with Crippen LogP contribution in [0.3, 0.4) is 0 Å². The van der Waals surface area contributed by atoms with Gasteiger partial charge in [-0.25, -0.2) is 0 Å². The summed E-state index contributed by atoms with van der Waals surface area (Å²) in [5, 5.41) is 3.04. The lowest BCUT2D eigenvalue weighted by atomic mass is 9.79. The molecular weight excluding hydrogens is 370 g/mol. The first-order chi connectivity index (χ1) is 14.0. The first kappa shape index (κ1) is 21.7. The van der Waals surface area contributed by atoms with Crippen LogP contribution in [-0.2, 0) is 17.4 Å². The summed E-state index contributed by atoms with van der Waals surface area (Å²) in [4.78, 5) is 21.6. The van der Waals surface area contributed by atoms with Crippen LogP contribution in [-0.4, -0.2) is 15.9 Å². The van der Waals surface area contributed by atoms with Crippen LogP contribution in [0, 0.1) is 0 Å². The van der Waals surface area contributed by atoms with E-state index >= 15 is 0 Å². The Balaban J connectivity index is 1.76. The van der Waals surface area contributed by atoms with E-state index in [1.54, 1.807) is 18.6 Å². The van der Waals surface area contributed by atoms with Crippen molar-refractivity contribution in [3.63, 3.8) is 0 Å². The molecule has 156 valence electrons. The largest absolute Gasteiger partial charge is 0.348 e. The van der Waals surface area contributed by atoms with Crippen molar-refractivity contribution >= 4 is 5.91 Å². The van der Waals surface area contributed by atoms with Crippen LogP contribution in [0.25, 0.3) is 11.3 Å². The van der Waals surface area contributed by atoms with E-state index in [-0.39, 0.29) is 16.7 Å². The number of hydrogen-bond acceptors (Lipinski definition) is 3. The third kappa shape index (κ3) is 5.32. The van der Waals surface area contributed by atoms with E-state index in [1.165, 1.54) is 11.1 Å². The second-order valence-electron chi connectivity index (χ2n) is 9.78. The van der Waals surface area contributed by atoms with Gasteiger partial charge in [0.1, 0.15) is 0 Å². The fourth-order valence-corrected chi connectivity index (χ4v) is 3.12. The molecule has 0 saturated heterocycles. The van der Waals surface area contributed by atoms with Crippen molar-refractivity contribution in [2.75, 3.05) is 0 Å². The molecule has 4 nitrogen and oxygen atoms in total. The molecule has 3 aromatic rings. The minimum absolute atomic E-state index is 0.0255. The molecule has 1 aromatic carbocycles. The Morgan fingerprint density at radius 3 is 2.07 bits per heavy atom. The molecule has 30 heavy (non-hydrogen) atoms. The van der Waals surface area contributed by atoms with Gasteiger partial charge in [0.15, 0.2) is 0 Å². The van der Waals surface area contributed by atoms with Crippen molar-refractivity contribution in [2.24, 2.45) is 0 Å². The smallest absolute Gasteiger partial charge is 0.251 e. The summed E-state index contributed by atoms with van der Waals surface area (Å²) in [6, 6.07) is 14.0. The van der Waals surface area contributed by atoms with Crippen LogP contribution in [0.15, 0.2) is 61.1 Å². The summed E-state index contributed by atoms with van der Waals surface area (Å²) in [5.74, 6) is -0.0667. The Morgan fingerprint density at radius 2 is 1.57 bits per heavy atom. The molecule has 0 spiro atoms. The minimum Gasteiger partial charge on any atom is -0.348 e. The van der Waals surface area contributed by atoms with Gasteiger partial charge in [-0.1, -0.05) is 53.7 Å². The highest BCUT2D eigenvalue weighted by Crippen LogP contribution is 2.30. The highest BCUT2D eigenvalue weighted by molar-refractivity contribution is 5.94. The van der Waals surface area contributed by atoms with Crippen LogP contribution in [0.2, 0.25) is 0 Å². The number of carbonyl (C=O) groups excluding carboxylic acids is 1. The lowest BCUT2D eigenvalue weighted by Crippen LogP contribution is -2.25. The monoisotopic (exact) mass is 401 g/mol. The average molecular weight is 402 g/mol. The van der Waals surface area contributed by atoms with Gasteiger partial charge in [0, 0.05) is 36.3 Å². The minimum atomic E-state index is -0.0667. The van der Waals surface area contributed by atoms with Gasteiger partial charge in [-0.2, -0.15) is 0 Å².